The standard InChI is InChI=1S/C14H13BrO2/c1-3-12(16)14-8-7-13(17-14)10-5-4-6-11(15)9(10)2/h4-8H,3H2,1-2H3. The second-order valence-corrected chi connectivity index (χ2v) is 4.71. The average molecular weight is 293 g/mol. The summed E-state index contributed by atoms with van der Waals surface area (Å²) in [6.45, 7) is 3.85. The van der Waals surface area contributed by atoms with Crippen LogP contribution in [0.5, 0.6) is 0 Å². The van der Waals surface area contributed by atoms with Crippen molar-refractivity contribution in [3.63, 3.8) is 0 Å². The van der Waals surface area contributed by atoms with Crippen LogP contribution in [0.4, 0.5) is 0 Å². The van der Waals surface area contributed by atoms with Crippen LogP contribution in [-0.2, 0) is 0 Å². The highest BCUT2D eigenvalue weighted by atomic mass is 79.9. The lowest BCUT2D eigenvalue weighted by molar-refractivity contribution is 0.0962. The second-order valence-electron chi connectivity index (χ2n) is 3.85. The van der Waals surface area contributed by atoms with Gasteiger partial charge in [0.05, 0.1) is 0 Å². The van der Waals surface area contributed by atoms with E-state index in [1.54, 1.807) is 6.07 Å². The first-order valence-electron chi connectivity index (χ1n) is 5.52. The molecule has 3 heteroatoms. The van der Waals surface area contributed by atoms with Crippen molar-refractivity contribution in [1.82, 2.24) is 0 Å². The molecule has 1 heterocycles. The maximum Gasteiger partial charge on any atom is 0.197 e. The normalized spacial score (nSPS) is 10.5. The number of carbonyl (C=O) groups excluding carboxylic acids is 1. The van der Waals surface area contributed by atoms with Crippen LogP contribution in [0.15, 0.2) is 39.2 Å². The van der Waals surface area contributed by atoms with Gasteiger partial charge in [0, 0.05) is 16.5 Å². The Labute approximate surface area is 109 Å². The highest BCUT2D eigenvalue weighted by Gasteiger charge is 2.12. The van der Waals surface area contributed by atoms with Gasteiger partial charge in [-0.25, -0.2) is 0 Å². The summed E-state index contributed by atoms with van der Waals surface area (Å²) in [7, 11) is 0. The first kappa shape index (κ1) is 12.1. The SMILES string of the molecule is CCC(=O)c1ccc(-c2cccc(Br)c2C)o1. The zero-order chi connectivity index (χ0) is 12.4. The zero-order valence-corrected chi connectivity index (χ0v) is 11.4. The molecule has 1 aromatic carbocycles. The molecule has 0 radical (unpaired) electrons. The first-order valence-corrected chi connectivity index (χ1v) is 6.31. The number of Topliss-reactive ketones (excluding diaryl/α,β-unsaturated/α-hetero) is 1. The Balaban J connectivity index is 2.44. The van der Waals surface area contributed by atoms with Gasteiger partial charge >= 0.3 is 0 Å². The minimum absolute atomic E-state index is 0.0314. The third kappa shape index (κ3) is 2.34. The Hall–Kier alpha value is -1.35. The van der Waals surface area contributed by atoms with Gasteiger partial charge in [0.2, 0.25) is 0 Å². The number of benzene rings is 1. The van der Waals surface area contributed by atoms with E-state index in [9.17, 15) is 4.79 Å². The maximum absolute atomic E-state index is 11.5. The quantitative estimate of drug-likeness (QED) is 0.773. The number of hydrogen-bond donors (Lipinski definition) is 0. The number of furan rings is 1. The molecule has 0 N–H and O–H groups in total. The van der Waals surface area contributed by atoms with Gasteiger partial charge in [-0.3, -0.25) is 4.79 Å². The molecular weight excluding hydrogens is 280 g/mol. The first-order chi connectivity index (χ1) is 8.13. The van der Waals surface area contributed by atoms with Gasteiger partial charge in [0.25, 0.3) is 0 Å². The molecule has 0 fully saturated rings. The Morgan fingerprint density at radius 2 is 2.06 bits per heavy atom. The maximum atomic E-state index is 11.5. The Morgan fingerprint density at radius 1 is 1.29 bits per heavy atom. The summed E-state index contributed by atoms with van der Waals surface area (Å²) in [6.07, 6.45) is 0.463. The molecule has 0 aliphatic carbocycles. The third-order valence-electron chi connectivity index (χ3n) is 2.74. The van der Waals surface area contributed by atoms with Crippen molar-refractivity contribution in [2.24, 2.45) is 0 Å². The summed E-state index contributed by atoms with van der Waals surface area (Å²) in [4.78, 5) is 11.5. The molecule has 2 aromatic rings. The van der Waals surface area contributed by atoms with Gasteiger partial charge in [0.15, 0.2) is 11.5 Å². The molecule has 0 saturated carbocycles. The van der Waals surface area contributed by atoms with E-state index in [4.69, 9.17) is 4.42 Å². The fourth-order valence-corrected chi connectivity index (χ4v) is 2.05. The number of halogens is 1. The van der Waals surface area contributed by atoms with Crippen LogP contribution in [0.2, 0.25) is 0 Å². The molecule has 2 rings (SSSR count). The van der Waals surface area contributed by atoms with Crippen molar-refractivity contribution >= 4 is 21.7 Å². The molecule has 0 bridgehead atoms. The van der Waals surface area contributed by atoms with E-state index in [-0.39, 0.29) is 5.78 Å². The molecule has 0 aliphatic rings. The molecule has 0 spiro atoms. The molecule has 0 saturated heterocycles. The smallest absolute Gasteiger partial charge is 0.197 e. The van der Waals surface area contributed by atoms with Crippen molar-refractivity contribution < 1.29 is 9.21 Å². The summed E-state index contributed by atoms with van der Waals surface area (Å²) in [5, 5.41) is 0. The van der Waals surface area contributed by atoms with Crippen LogP contribution in [-0.4, -0.2) is 5.78 Å². The summed E-state index contributed by atoms with van der Waals surface area (Å²) in [6, 6.07) is 9.51. The van der Waals surface area contributed by atoms with Crippen LogP contribution in [0, 0.1) is 6.92 Å². The number of hydrogen-bond acceptors (Lipinski definition) is 2. The summed E-state index contributed by atoms with van der Waals surface area (Å²) in [5.41, 5.74) is 2.12. The molecule has 1 aromatic heterocycles. The van der Waals surface area contributed by atoms with Crippen molar-refractivity contribution in [2.75, 3.05) is 0 Å². The fraction of sp³-hybridized carbons (Fsp3) is 0.214. The van der Waals surface area contributed by atoms with Gasteiger partial charge in [-0.15, -0.1) is 0 Å². The van der Waals surface area contributed by atoms with Crippen LogP contribution in [0.3, 0.4) is 0 Å². The van der Waals surface area contributed by atoms with Crippen LogP contribution < -0.4 is 0 Å². The van der Waals surface area contributed by atoms with Gasteiger partial charge in [0.1, 0.15) is 5.76 Å². The van der Waals surface area contributed by atoms with Crippen molar-refractivity contribution in [2.45, 2.75) is 20.3 Å². The Morgan fingerprint density at radius 3 is 2.76 bits per heavy atom. The fourth-order valence-electron chi connectivity index (χ4n) is 1.68. The van der Waals surface area contributed by atoms with E-state index in [0.717, 1.165) is 21.4 Å². The van der Waals surface area contributed by atoms with E-state index < -0.39 is 0 Å². The van der Waals surface area contributed by atoms with E-state index in [1.807, 2.05) is 38.1 Å². The molecule has 2 nitrogen and oxygen atoms in total. The lowest BCUT2D eigenvalue weighted by atomic mass is 10.1. The van der Waals surface area contributed by atoms with Gasteiger partial charge in [-0.2, -0.15) is 0 Å². The van der Waals surface area contributed by atoms with Crippen molar-refractivity contribution in [1.29, 1.82) is 0 Å². The van der Waals surface area contributed by atoms with Gasteiger partial charge in [-0.1, -0.05) is 35.0 Å². The van der Waals surface area contributed by atoms with Crippen molar-refractivity contribution in [3.05, 3.63) is 46.1 Å². The van der Waals surface area contributed by atoms with Crippen LogP contribution >= 0.6 is 15.9 Å². The predicted octanol–water partition coefficient (Wildman–Crippen LogP) is 4.61. The largest absolute Gasteiger partial charge is 0.453 e. The van der Waals surface area contributed by atoms with Crippen LogP contribution in [0.25, 0.3) is 11.3 Å². The van der Waals surface area contributed by atoms with Gasteiger partial charge < -0.3 is 4.42 Å². The van der Waals surface area contributed by atoms with E-state index in [0.29, 0.717) is 12.2 Å². The minimum Gasteiger partial charge on any atom is -0.453 e. The summed E-state index contributed by atoms with van der Waals surface area (Å²) >= 11 is 3.48. The predicted molar refractivity (Wildman–Crippen MR) is 71.2 cm³/mol. The van der Waals surface area contributed by atoms with Gasteiger partial charge in [-0.05, 0) is 30.7 Å². The monoisotopic (exact) mass is 292 g/mol. The highest BCUT2D eigenvalue weighted by Crippen LogP contribution is 2.30. The molecule has 0 amide bonds. The molecular formula is C14H13BrO2. The second kappa shape index (κ2) is 4.88. The number of rotatable bonds is 3. The number of carbonyl (C=O) groups is 1. The van der Waals surface area contributed by atoms with Crippen LogP contribution in [0.1, 0.15) is 29.5 Å². The lowest BCUT2D eigenvalue weighted by Gasteiger charge is -2.04. The summed E-state index contributed by atoms with van der Waals surface area (Å²) < 4.78 is 6.62. The molecule has 0 atom stereocenters. The summed E-state index contributed by atoms with van der Waals surface area (Å²) in [5.74, 6) is 1.20. The highest BCUT2D eigenvalue weighted by molar-refractivity contribution is 9.10. The average Bonchev–Trinajstić information content (AvgIpc) is 2.81. The number of ketones is 1. The molecule has 17 heavy (non-hydrogen) atoms. The van der Waals surface area contributed by atoms with Crippen molar-refractivity contribution in [3.8, 4) is 11.3 Å². The molecule has 0 unspecified atom stereocenters. The molecule has 88 valence electrons. The topological polar surface area (TPSA) is 30.2 Å². The Kier molecular flexibility index (Phi) is 3.48. The lowest BCUT2D eigenvalue weighted by Crippen LogP contribution is -1.92. The third-order valence-corrected chi connectivity index (χ3v) is 3.59. The minimum atomic E-state index is 0.0314. The van der Waals surface area contributed by atoms with E-state index in [2.05, 4.69) is 15.9 Å². The van der Waals surface area contributed by atoms with E-state index in [1.165, 1.54) is 0 Å². The Bertz CT molecular complexity index is 555. The van der Waals surface area contributed by atoms with E-state index >= 15 is 0 Å². The molecule has 0 aliphatic heterocycles. The zero-order valence-electron chi connectivity index (χ0n) is 9.79.